The van der Waals surface area contributed by atoms with E-state index >= 15 is 0 Å². The van der Waals surface area contributed by atoms with Crippen LogP contribution in [0.2, 0.25) is 0 Å². The molecule has 0 radical (unpaired) electrons. The maximum absolute atomic E-state index is 12.2. The molecule has 1 aliphatic rings. The number of hydrogen-bond donors (Lipinski definition) is 2. The molecule has 1 heterocycles. The second-order valence-electron chi connectivity index (χ2n) is 6.59. The number of carbonyl (C=O) groups is 2. The predicted octanol–water partition coefficient (Wildman–Crippen LogP) is 0.948. The minimum atomic E-state index is -0.302. The maximum Gasteiger partial charge on any atom is 0.241 e. The van der Waals surface area contributed by atoms with Crippen molar-refractivity contribution < 1.29 is 14.3 Å². The van der Waals surface area contributed by atoms with E-state index in [-0.39, 0.29) is 37.4 Å². The third kappa shape index (κ3) is 6.48. The fourth-order valence-corrected chi connectivity index (χ4v) is 3.16. The van der Waals surface area contributed by atoms with E-state index < -0.39 is 0 Å². The first-order valence-electron chi connectivity index (χ1n) is 8.93. The molecule has 2 amide bonds. The summed E-state index contributed by atoms with van der Waals surface area (Å²) < 4.78 is 5.07. The van der Waals surface area contributed by atoms with Crippen molar-refractivity contribution in [1.29, 1.82) is 0 Å². The van der Waals surface area contributed by atoms with Crippen LogP contribution in [0.1, 0.15) is 24.8 Å². The predicted molar refractivity (Wildman–Crippen MR) is 96.9 cm³/mol. The van der Waals surface area contributed by atoms with Gasteiger partial charge in [0, 0.05) is 26.7 Å². The molecule has 2 rings (SSSR count). The lowest BCUT2D eigenvalue weighted by molar-refractivity contribution is -0.134. The lowest BCUT2D eigenvalue weighted by Crippen LogP contribution is -2.45. The number of methoxy groups -OCH3 is 1. The van der Waals surface area contributed by atoms with E-state index in [9.17, 15) is 9.59 Å². The first-order chi connectivity index (χ1) is 12.1. The second kappa shape index (κ2) is 10.2. The molecule has 0 saturated carbocycles. The van der Waals surface area contributed by atoms with Crippen LogP contribution in [0, 0.1) is 5.92 Å². The summed E-state index contributed by atoms with van der Waals surface area (Å²) in [4.78, 5) is 25.9. The number of carbonyl (C=O) groups excluding carboxylic acids is 2. The van der Waals surface area contributed by atoms with Crippen LogP contribution < -0.4 is 11.1 Å². The summed E-state index contributed by atoms with van der Waals surface area (Å²) in [6, 6.07) is 10.5. The summed E-state index contributed by atoms with van der Waals surface area (Å²) >= 11 is 0. The summed E-state index contributed by atoms with van der Waals surface area (Å²) in [7, 11) is 1.52. The number of rotatable bonds is 8. The van der Waals surface area contributed by atoms with Crippen molar-refractivity contribution in [3.05, 3.63) is 35.9 Å². The summed E-state index contributed by atoms with van der Waals surface area (Å²) in [6.45, 7) is 1.85. The Morgan fingerprint density at radius 1 is 1.28 bits per heavy atom. The summed E-state index contributed by atoms with van der Waals surface area (Å²) in [5.41, 5.74) is 6.85. The molecule has 1 unspecified atom stereocenters. The van der Waals surface area contributed by atoms with Gasteiger partial charge >= 0.3 is 0 Å². The van der Waals surface area contributed by atoms with E-state index in [2.05, 4.69) is 29.6 Å². The number of piperidine rings is 1. The Hall–Kier alpha value is -1.92. The Morgan fingerprint density at radius 2 is 1.96 bits per heavy atom. The number of nitrogens with one attached hydrogen (secondary N) is 1. The fourth-order valence-electron chi connectivity index (χ4n) is 3.16. The van der Waals surface area contributed by atoms with Crippen molar-refractivity contribution in [3.8, 4) is 0 Å². The first kappa shape index (κ1) is 19.4. The van der Waals surface area contributed by atoms with Crippen molar-refractivity contribution in [2.45, 2.75) is 31.8 Å². The molecule has 0 aliphatic carbocycles. The second-order valence-corrected chi connectivity index (χ2v) is 6.59. The molecule has 1 aliphatic heterocycles. The van der Waals surface area contributed by atoms with Crippen LogP contribution in [-0.2, 0) is 20.7 Å². The number of hydrogen-bond acceptors (Lipinski definition) is 4. The monoisotopic (exact) mass is 347 g/mol. The number of nitrogens with two attached hydrogens (primary N) is 1. The van der Waals surface area contributed by atoms with Gasteiger partial charge in [-0.25, -0.2) is 0 Å². The fraction of sp³-hybridized carbons (Fsp3) is 0.579. The molecule has 3 N–H and O–H groups in total. The van der Waals surface area contributed by atoms with Crippen LogP contribution in [0.25, 0.3) is 0 Å². The Morgan fingerprint density at radius 3 is 2.56 bits per heavy atom. The Kier molecular flexibility index (Phi) is 7.88. The first-order valence-corrected chi connectivity index (χ1v) is 8.93. The third-order valence-corrected chi connectivity index (χ3v) is 4.78. The van der Waals surface area contributed by atoms with Crippen molar-refractivity contribution in [2.75, 3.05) is 33.3 Å². The molecule has 1 aromatic carbocycles. The summed E-state index contributed by atoms with van der Waals surface area (Å²) in [5, 5.41) is 2.66. The van der Waals surface area contributed by atoms with Crippen LogP contribution in [0.3, 0.4) is 0 Å². The Labute approximate surface area is 149 Å². The SMILES string of the molecule is COC(CN)CC(=O)NCC(=O)N1CCC(Cc2ccccc2)CC1. The molecule has 138 valence electrons. The molecule has 1 atom stereocenters. The van der Waals surface area contributed by atoms with Gasteiger partial charge in [-0.1, -0.05) is 30.3 Å². The van der Waals surface area contributed by atoms with Crippen molar-refractivity contribution in [1.82, 2.24) is 10.2 Å². The zero-order valence-electron chi connectivity index (χ0n) is 14.9. The maximum atomic E-state index is 12.2. The van der Waals surface area contributed by atoms with Gasteiger partial charge in [-0.3, -0.25) is 9.59 Å². The van der Waals surface area contributed by atoms with E-state index in [1.54, 1.807) is 0 Å². The minimum Gasteiger partial charge on any atom is -0.380 e. The van der Waals surface area contributed by atoms with Crippen molar-refractivity contribution in [3.63, 3.8) is 0 Å². The quantitative estimate of drug-likeness (QED) is 0.733. The smallest absolute Gasteiger partial charge is 0.241 e. The van der Waals surface area contributed by atoms with Crippen molar-refractivity contribution >= 4 is 11.8 Å². The Balaban J connectivity index is 1.68. The van der Waals surface area contributed by atoms with Crippen LogP contribution in [-0.4, -0.2) is 56.1 Å². The zero-order chi connectivity index (χ0) is 18.1. The van der Waals surface area contributed by atoms with Crippen LogP contribution in [0.4, 0.5) is 0 Å². The van der Waals surface area contributed by atoms with Crippen LogP contribution in [0.5, 0.6) is 0 Å². The molecular weight excluding hydrogens is 318 g/mol. The molecule has 25 heavy (non-hydrogen) atoms. The highest BCUT2D eigenvalue weighted by molar-refractivity contribution is 5.85. The van der Waals surface area contributed by atoms with Crippen molar-refractivity contribution in [2.24, 2.45) is 11.7 Å². The lowest BCUT2D eigenvalue weighted by Gasteiger charge is -2.32. The van der Waals surface area contributed by atoms with E-state index in [1.807, 2.05) is 11.0 Å². The van der Waals surface area contributed by atoms with Gasteiger partial charge in [-0.05, 0) is 30.7 Å². The Bertz CT molecular complexity index is 538. The summed E-state index contributed by atoms with van der Waals surface area (Å²) in [6.07, 6.45) is 2.96. The van der Waals surface area contributed by atoms with Gasteiger partial charge in [0.15, 0.2) is 0 Å². The van der Waals surface area contributed by atoms with E-state index in [1.165, 1.54) is 12.7 Å². The van der Waals surface area contributed by atoms with Gasteiger partial charge in [0.2, 0.25) is 11.8 Å². The van der Waals surface area contributed by atoms with Gasteiger partial charge in [0.25, 0.3) is 0 Å². The highest BCUT2D eigenvalue weighted by Gasteiger charge is 2.23. The number of amides is 2. The molecule has 1 fully saturated rings. The van der Waals surface area contributed by atoms with Gasteiger partial charge in [-0.2, -0.15) is 0 Å². The number of likely N-dealkylation sites (tertiary alicyclic amines) is 1. The van der Waals surface area contributed by atoms with Crippen LogP contribution >= 0.6 is 0 Å². The highest BCUT2D eigenvalue weighted by atomic mass is 16.5. The molecule has 1 saturated heterocycles. The molecule has 1 aromatic rings. The van der Waals surface area contributed by atoms with E-state index in [0.29, 0.717) is 5.92 Å². The number of ether oxygens (including phenoxy) is 1. The highest BCUT2D eigenvalue weighted by Crippen LogP contribution is 2.21. The average molecular weight is 347 g/mol. The molecule has 6 nitrogen and oxygen atoms in total. The summed E-state index contributed by atoms with van der Waals surface area (Å²) in [5.74, 6) is 0.394. The topological polar surface area (TPSA) is 84.7 Å². The number of nitrogens with zero attached hydrogens (tertiary/aromatic N) is 1. The zero-order valence-corrected chi connectivity index (χ0v) is 14.9. The van der Waals surface area contributed by atoms with Crippen LogP contribution in [0.15, 0.2) is 30.3 Å². The van der Waals surface area contributed by atoms with Gasteiger partial charge < -0.3 is 20.7 Å². The molecule has 0 aromatic heterocycles. The largest absolute Gasteiger partial charge is 0.380 e. The standard InChI is InChI=1S/C19H29N3O3/c1-25-17(13-20)12-18(23)21-14-19(24)22-9-7-16(8-10-22)11-15-5-3-2-4-6-15/h2-6,16-17H,7-14,20H2,1H3,(H,21,23). The normalized spacial score (nSPS) is 16.5. The molecule has 0 spiro atoms. The van der Waals surface area contributed by atoms with Gasteiger partial charge in [0.05, 0.1) is 19.1 Å². The molecule has 0 bridgehead atoms. The van der Waals surface area contributed by atoms with Gasteiger partial charge in [-0.15, -0.1) is 0 Å². The minimum absolute atomic E-state index is 0.0202. The number of benzene rings is 1. The van der Waals surface area contributed by atoms with E-state index in [4.69, 9.17) is 10.5 Å². The molecule has 6 heteroatoms. The van der Waals surface area contributed by atoms with E-state index in [0.717, 1.165) is 32.4 Å². The average Bonchev–Trinajstić information content (AvgIpc) is 2.65. The van der Waals surface area contributed by atoms with Gasteiger partial charge in [0.1, 0.15) is 0 Å². The lowest BCUT2D eigenvalue weighted by atomic mass is 9.90. The molecular formula is C19H29N3O3. The third-order valence-electron chi connectivity index (χ3n) is 4.78.